The second-order valence-electron chi connectivity index (χ2n) is 11.6. The second kappa shape index (κ2) is 12.0. The van der Waals surface area contributed by atoms with Crippen molar-refractivity contribution < 1.29 is 18.0 Å². The average molecular weight is 589 g/mol. The van der Waals surface area contributed by atoms with E-state index in [1.54, 1.807) is 13.8 Å². The van der Waals surface area contributed by atoms with Gasteiger partial charge in [0.1, 0.15) is 6.04 Å². The van der Waals surface area contributed by atoms with Crippen LogP contribution in [-0.4, -0.2) is 49.7 Å². The first-order valence-electron chi connectivity index (χ1n) is 14.6. The fraction of sp³-hybridized carbons (Fsp3) is 0.394. The molecule has 9 heteroatoms. The van der Waals surface area contributed by atoms with Gasteiger partial charge in [-0.2, -0.15) is 4.31 Å². The molecule has 2 atom stereocenters. The largest absolute Gasteiger partial charge is 0.324 e. The summed E-state index contributed by atoms with van der Waals surface area (Å²) in [6, 6.07) is 14.1. The summed E-state index contributed by atoms with van der Waals surface area (Å²) in [5, 5.41) is 9.43. The number of aryl methyl sites for hydroxylation is 5. The molecule has 3 aromatic rings. The minimum atomic E-state index is -3.89. The number of amides is 2. The standard InChI is InChI=1S/C33H40N4O4S/c1-20-18-23(4)31(24(5)19-20)42(40,41)37-17-9-15-28(37)33(39)36-26-13-7-11-22(3)30(26)29-21(2)10-6-12-25(29)35-32(38)27-14-8-16-34-27/h6-7,10-13,18-19,27-28,34H,8-9,14-17H2,1-5H3,(H,35,38)(H,36,39)/t27-,28-/m0/s1. The number of rotatable bonds is 7. The maximum atomic E-state index is 13.9. The molecule has 0 radical (unpaired) electrons. The smallest absolute Gasteiger partial charge is 0.244 e. The molecule has 0 aliphatic carbocycles. The summed E-state index contributed by atoms with van der Waals surface area (Å²) in [6.45, 7) is 10.6. The van der Waals surface area contributed by atoms with Gasteiger partial charge in [0.2, 0.25) is 21.8 Å². The normalized spacial score (nSPS) is 19.2. The van der Waals surface area contributed by atoms with Crippen molar-refractivity contribution in [3.05, 3.63) is 76.3 Å². The number of benzene rings is 3. The highest BCUT2D eigenvalue weighted by molar-refractivity contribution is 7.89. The summed E-state index contributed by atoms with van der Waals surface area (Å²) in [6.07, 6.45) is 2.80. The fourth-order valence-electron chi connectivity index (χ4n) is 6.53. The molecule has 2 aliphatic heterocycles. The van der Waals surface area contributed by atoms with Crippen LogP contribution < -0.4 is 16.0 Å². The van der Waals surface area contributed by atoms with Crippen molar-refractivity contribution in [2.45, 2.75) is 77.3 Å². The van der Waals surface area contributed by atoms with E-state index in [0.717, 1.165) is 47.2 Å². The van der Waals surface area contributed by atoms with E-state index >= 15 is 0 Å². The van der Waals surface area contributed by atoms with Gasteiger partial charge in [-0.25, -0.2) is 8.42 Å². The number of carbonyl (C=O) groups is 2. The zero-order valence-corrected chi connectivity index (χ0v) is 25.8. The molecule has 3 N–H and O–H groups in total. The zero-order chi connectivity index (χ0) is 30.2. The predicted octanol–water partition coefficient (Wildman–Crippen LogP) is 5.38. The van der Waals surface area contributed by atoms with Gasteiger partial charge < -0.3 is 16.0 Å². The molecule has 0 spiro atoms. The van der Waals surface area contributed by atoms with Crippen LogP contribution in [0.25, 0.3) is 11.1 Å². The molecule has 0 bridgehead atoms. The first-order chi connectivity index (χ1) is 20.0. The van der Waals surface area contributed by atoms with Gasteiger partial charge in [-0.05, 0) is 101 Å². The Kier molecular flexibility index (Phi) is 8.55. The molecule has 42 heavy (non-hydrogen) atoms. The van der Waals surface area contributed by atoms with Gasteiger partial charge in [-0.3, -0.25) is 9.59 Å². The van der Waals surface area contributed by atoms with Crippen LogP contribution in [0, 0.1) is 34.6 Å². The molecule has 2 saturated heterocycles. The van der Waals surface area contributed by atoms with Crippen LogP contribution >= 0.6 is 0 Å². The van der Waals surface area contributed by atoms with Crippen LogP contribution in [0.2, 0.25) is 0 Å². The number of nitrogens with zero attached hydrogens (tertiary/aromatic N) is 1. The lowest BCUT2D eigenvalue weighted by molar-refractivity contribution is -0.119. The van der Waals surface area contributed by atoms with Gasteiger partial charge in [0.25, 0.3) is 0 Å². The lowest BCUT2D eigenvalue weighted by Gasteiger charge is -2.26. The number of sulfonamides is 1. The predicted molar refractivity (Wildman–Crippen MR) is 167 cm³/mol. The van der Waals surface area contributed by atoms with E-state index in [2.05, 4.69) is 16.0 Å². The van der Waals surface area contributed by atoms with E-state index in [1.165, 1.54) is 4.31 Å². The summed E-state index contributed by atoms with van der Waals surface area (Å²) in [7, 11) is -3.89. The Labute approximate surface area is 249 Å². The highest BCUT2D eigenvalue weighted by Crippen LogP contribution is 2.39. The molecule has 0 unspecified atom stereocenters. The van der Waals surface area contributed by atoms with Crippen LogP contribution in [-0.2, 0) is 19.6 Å². The van der Waals surface area contributed by atoms with Crippen molar-refractivity contribution in [2.75, 3.05) is 23.7 Å². The molecule has 2 fully saturated rings. The van der Waals surface area contributed by atoms with Gasteiger partial charge in [-0.1, -0.05) is 42.0 Å². The number of hydrogen-bond donors (Lipinski definition) is 3. The Balaban J connectivity index is 1.47. The van der Waals surface area contributed by atoms with Crippen LogP contribution in [0.5, 0.6) is 0 Å². The number of anilines is 2. The molecule has 8 nitrogen and oxygen atoms in total. The van der Waals surface area contributed by atoms with Gasteiger partial charge in [0.15, 0.2) is 0 Å². The third kappa shape index (κ3) is 5.73. The average Bonchev–Trinajstić information content (AvgIpc) is 3.62. The quantitative estimate of drug-likeness (QED) is 0.344. The van der Waals surface area contributed by atoms with E-state index in [9.17, 15) is 18.0 Å². The van der Waals surface area contributed by atoms with Gasteiger partial charge in [0.05, 0.1) is 10.9 Å². The van der Waals surface area contributed by atoms with Crippen molar-refractivity contribution in [3.63, 3.8) is 0 Å². The van der Waals surface area contributed by atoms with E-state index in [-0.39, 0.29) is 29.3 Å². The molecular formula is C33H40N4O4S. The Morgan fingerprint density at radius 3 is 1.90 bits per heavy atom. The van der Waals surface area contributed by atoms with Crippen molar-refractivity contribution in [3.8, 4) is 11.1 Å². The fourth-order valence-corrected chi connectivity index (χ4v) is 8.60. The third-order valence-electron chi connectivity index (χ3n) is 8.37. The van der Waals surface area contributed by atoms with E-state index in [1.807, 2.05) is 69.3 Å². The monoisotopic (exact) mass is 588 g/mol. The summed E-state index contributed by atoms with van der Waals surface area (Å²) in [5.74, 6) is -0.438. The van der Waals surface area contributed by atoms with Crippen molar-refractivity contribution in [2.24, 2.45) is 0 Å². The Morgan fingerprint density at radius 1 is 0.786 bits per heavy atom. The second-order valence-corrected chi connectivity index (χ2v) is 13.5. The van der Waals surface area contributed by atoms with Crippen molar-refractivity contribution >= 4 is 33.2 Å². The zero-order valence-electron chi connectivity index (χ0n) is 25.0. The molecule has 2 amide bonds. The molecule has 222 valence electrons. The molecule has 5 rings (SSSR count). The van der Waals surface area contributed by atoms with Crippen LogP contribution in [0.4, 0.5) is 11.4 Å². The van der Waals surface area contributed by atoms with Gasteiger partial charge >= 0.3 is 0 Å². The van der Waals surface area contributed by atoms with Crippen molar-refractivity contribution in [1.82, 2.24) is 9.62 Å². The minimum absolute atomic E-state index is 0.0768. The topological polar surface area (TPSA) is 108 Å². The summed E-state index contributed by atoms with van der Waals surface area (Å²) < 4.78 is 29.2. The summed E-state index contributed by atoms with van der Waals surface area (Å²) in [5.41, 5.74) is 7.13. The highest BCUT2D eigenvalue weighted by Gasteiger charge is 2.41. The Bertz CT molecular complexity index is 1620. The first kappa shape index (κ1) is 29.9. The maximum Gasteiger partial charge on any atom is 0.244 e. The summed E-state index contributed by atoms with van der Waals surface area (Å²) in [4.78, 5) is 27.2. The van der Waals surface area contributed by atoms with E-state index < -0.39 is 16.1 Å². The van der Waals surface area contributed by atoms with E-state index in [4.69, 9.17) is 0 Å². The van der Waals surface area contributed by atoms with Crippen LogP contribution in [0.1, 0.15) is 53.5 Å². The molecule has 3 aromatic carbocycles. The number of carbonyl (C=O) groups excluding carboxylic acids is 2. The molecule has 0 aromatic heterocycles. The van der Waals surface area contributed by atoms with Crippen molar-refractivity contribution in [1.29, 1.82) is 0 Å². The molecule has 0 saturated carbocycles. The van der Waals surface area contributed by atoms with Gasteiger partial charge in [-0.15, -0.1) is 0 Å². The Morgan fingerprint density at radius 2 is 1.36 bits per heavy atom. The van der Waals surface area contributed by atoms with Gasteiger partial charge in [0, 0.05) is 29.0 Å². The Hall–Kier alpha value is -3.53. The SMILES string of the molecule is Cc1cc(C)c(S(=O)(=O)N2CCC[C@H]2C(=O)Nc2cccc(C)c2-c2c(C)cccc2NC(=O)[C@@H]2CCCN2)c(C)c1. The van der Waals surface area contributed by atoms with Crippen LogP contribution in [0.3, 0.4) is 0 Å². The third-order valence-corrected chi connectivity index (χ3v) is 10.6. The number of nitrogens with one attached hydrogen (secondary N) is 3. The first-order valence-corrected chi connectivity index (χ1v) is 16.1. The molecular weight excluding hydrogens is 548 g/mol. The van der Waals surface area contributed by atoms with E-state index in [0.29, 0.717) is 35.3 Å². The summed E-state index contributed by atoms with van der Waals surface area (Å²) >= 11 is 0. The maximum absolute atomic E-state index is 13.9. The minimum Gasteiger partial charge on any atom is -0.324 e. The molecule has 2 aliphatic rings. The van der Waals surface area contributed by atoms with Crippen LogP contribution in [0.15, 0.2) is 53.4 Å². The lowest BCUT2D eigenvalue weighted by Crippen LogP contribution is -2.43. The highest BCUT2D eigenvalue weighted by atomic mass is 32.2. The lowest BCUT2D eigenvalue weighted by atomic mass is 9.93. The number of hydrogen-bond acceptors (Lipinski definition) is 5. The molecule has 2 heterocycles.